The van der Waals surface area contributed by atoms with E-state index in [1.165, 1.54) is 0 Å². The third-order valence-corrected chi connectivity index (χ3v) is 3.09. The van der Waals surface area contributed by atoms with E-state index in [-0.39, 0.29) is 0 Å². The van der Waals surface area contributed by atoms with Crippen LogP contribution in [0.4, 0.5) is 0 Å². The van der Waals surface area contributed by atoms with Crippen LogP contribution < -0.4 is 0 Å². The molecule has 0 bridgehead atoms. The van der Waals surface area contributed by atoms with Crippen LogP contribution in [0.5, 0.6) is 0 Å². The summed E-state index contributed by atoms with van der Waals surface area (Å²) in [4.78, 5) is 0. The second-order valence-corrected chi connectivity index (χ2v) is 3.91. The summed E-state index contributed by atoms with van der Waals surface area (Å²) in [5.41, 5.74) is 0. The fraction of sp³-hybridized carbons (Fsp3) is 0.714. The molecule has 0 saturated carbocycles. The van der Waals surface area contributed by atoms with Crippen molar-refractivity contribution >= 4 is 11.8 Å². The van der Waals surface area contributed by atoms with E-state index in [1.807, 2.05) is 11.8 Å². The van der Waals surface area contributed by atoms with Crippen molar-refractivity contribution < 1.29 is 0 Å². The summed E-state index contributed by atoms with van der Waals surface area (Å²) in [6, 6.07) is 0. The molecule has 0 aromatic heterocycles. The lowest BCUT2D eigenvalue weighted by Gasteiger charge is -1.95. The molecule has 2 unspecified atom stereocenters. The van der Waals surface area contributed by atoms with Crippen molar-refractivity contribution in [3.63, 3.8) is 0 Å². The van der Waals surface area contributed by atoms with E-state index < -0.39 is 0 Å². The smallest absolute Gasteiger partial charge is 0.0349 e. The third-order valence-electron chi connectivity index (χ3n) is 1.45. The maximum absolute atomic E-state index is 3.73. The molecule has 1 fully saturated rings. The molecular weight excluding hydrogens is 116 g/mol. The van der Waals surface area contributed by atoms with E-state index in [0.717, 1.165) is 16.4 Å². The molecular formula is C7H12S. The van der Waals surface area contributed by atoms with Gasteiger partial charge in [-0.3, -0.25) is 0 Å². The fourth-order valence-electron chi connectivity index (χ4n) is 0.862. The Balaban J connectivity index is 2.26. The second-order valence-electron chi connectivity index (χ2n) is 2.55. The molecule has 0 amide bonds. The number of rotatable bonds is 2. The van der Waals surface area contributed by atoms with Gasteiger partial charge in [-0.05, 0) is 5.92 Å². The van der Waals surface area contributed by atoms with Crippen molar-refractivity contribution in [3.05, 3.63) is 12.7 Å². The monoisotopic (exact) mass is 128 g/mol. The Hall–Kier alpha value is 0.0900. The second kappa shape index (κ2) is 2.14. The minimum atomic E-state index is 0.773. The van der Waals surface area contributed by atoms with E-state index in [0.29, 0.717) is 0 Å². The Morgan fingerprint density at radius 3 is 2.38 bits per heavy atom. The maximum Gasteiger partial charge on any atom is 0.0349 e. The molecule has 1 saturated heterocycles. The lowest BCUT2D eigenvalue weighted by Crippen LogP contribution is -1.98. The zero-order chi connectivity index (χ0) is 6.15. The third kappa shape index (κ3) is 1.08. The summed E-state index contributed by atoms with van der Waals surface area (Å²) in [6.45, 7) is 8.26. The lowest BCUT2D eigenvalue weighted by atomic mass is 10.1. The van der Waals surface area contributed by atoms with Gasteiger partial charge in [0.15, 0.2) is 0 Å². The van der Waals surface area contributed by atoms with Gasteiger partial charge in [0.25, 0.3) is 0 Å². The highest BCUT2D eigenvalue weighted by Crippen LogP contribution is 2.46. The number of thioether (sulfide) groups is 1. The Labute approximate surface area is 55.4 Å². The molecule has 0 radical (unpaired) electrons. The first-order valence-corrected chi connectivity index (χ1v) is 3.98. The molecule has 1 aliphatic rings. The Bertz CT molecular complexity index is 96.6. The number of hydrogen-bond acceptors (Lipinski definition) is 1. The molecule has 0 N–H and O–H groups in total. The zero-order valence-electron chi connectivity index (χ0n) is 5.42. The van der Waals surface area contributed by atoms with Gasteiger partial charge in [0.05, 0.1) is 0 Å². The highest BCUT2D eigenvalue weighted by Gasteiger charge is 2.37. The molecule has 1 rings (SSSR count). The van der Waals surface area contributed by atoms with E-state index in [2.05, 4.69) is 26.5 Å². The van der Waals surface area contributed by atoms with Gasteiger partial charge in [-0.1, -0.05) is 19.9 Å². The van der Waals surface area contributed by atoms with Gasteiger partial charge in [-0.2, -0.15) is 0 Å². The summed E-state index contributed by atoms with van der Waals surface area (Å²) in [5.74, 6) is 0.836. The SMILES string of the molecule is C=CC1SC1C(C)C. The maximum atomic E-state index is 3.73. The molecule has 2 atom stereocenters. The molecule has 0 aromatic rings. The van der Waals surface area contributed by atoms with Crippen molar-refractivity contribution in [1.29, 1.82) is 0 Å². The average Bonchev–Trinajstić information content (AvgIpc) is 2.42. The Morgan fingerprint density at radius 2 is 2.25 bits per heavy atom. The molecule has 8 heavy (non-hydrogen) atoms. The van der Waals surface area contributed by atoms with Crippen LogP contribution in [0.1, 0.15) is 13.8 Å². The molecule has 0 nitrogen and oxygen atoms in total. The number of hydrogen-bond donors (Lipinski definition) is 0. The molecule has 0 aliphatic carbocycles. The zero-order valence-corrected chi connectivity index (χ0v) is 6.24. The van der Waals surface area contributed by atoms with Crippen molar-refractivity contribution in [2.24, 2.45) is 5.92 Å². The summed E-state index contributed by atoms with van der Waals surface area (Å²) in [6.07, 6.45) is 2.05. The first kappa shape index (κ1) is 6.21. The van der Waals surface area contributed by atoms with Crippen molar-refractivity contribution in [2.75, 3.05) is 0 Å². The summed E-state index contributed by atoms with van der Waals surface area (Å²) < 4.78 is 0. The van der Waals surface area contributed by atoms with Gasteiger partial charge < -0.3 is 0 Å². The van der Waals surface area contributed by atoms with Crippen molar-refractivity contribution in [3.8, 4) is 0 Å². The first-order chi connectivity index (χ1) is 3.75. The van der Waals surface area contributed by atoms with Crippen LogP contribution in [0.2, 0.25) is 0 Å². The molecule has 1 heteroatoms. The molecule has 46 valence electrons. The Kier molecular flexibility index (Phi) is 1.66. The molecule has 0 aromatic carbocycles. The van der Waals surface area contributed by atoms with Crippen molar-refractivity contribution in [2.45, 2.75) is 24.3 Å². The van der Waals surface area contributed by atoms with E-state index in [1.54, 1.807) is 0 Å². The van der Waals surface area contributed by atoms with Crippen LogP contribution in [0.25, 0.3) is 0 Å². The predicted octanol–water partition coefficient (Wildman–Crippen LogP) is 2.31. The minimum Gasteiger partial charge on any atom is -0.148 e. The van der Waals surface area contributed by atoms with Crippen LogP contribution in [0.3, 0.4) is 0 Å². The quantitative estimate of drug-likeness (QED) is 0.406. The minimum absolute atomic E-state index is 0.773. The molecule has 0 spiro atoms. The van der Waals surface area contributed by atoms with Crippen LogP contribution in [0, 0.1) is 5.92 Å². The van der Waals surface area contributed by atoms with Crippen molar-refractivity contribution in [1.82, 2.24) is 0 Å². The lowest BCUT2D eigenvalue weighted by molar-refractivity contribution is 0.661. The topological polar surface area (TPSA) is 0 Å². The first-order valence-electron chi connectivity index (χ1n) is 3.03. The highest BCUT2D eigenvalue weighted by molar-refractivity contribution is 8.07. The van der Waals surface area contributed by atoms with Gasteiger partial charge in [0.2, 0.25) is 0 Å². The normalized spacial score (nSPS) is 35.4. The van der Waals surface area contributed by atoms with Gasteiger partial charge >= 0.3 is 0 Å². The van der Waals surface area contributed by atoms with E-state index in [4.69, 9.17) is 0 Å². The van der Waals surface area contributed by atoms with Crippen LogP contribution in [-0.4, -0.2) is 10.5 Å². The standard InChI is InChI=1S/C7H12S/c1-4-6-7(8-6)5(2)3/h4-7H,1H2,2-3H3. The molecule has 1 aliphatic heterocycles. The van der Waals surface area contributed by atoms with Crippen LogP contribution in [-0.2, 0) is 0 Å². The predicted molar refractivity (Wildman–Crippen MR) is 40.2 cm³/mol. The summed E-state index contributed by atoms with van der Waals surface area (Å²) >= 11 is 2.03. The summed E-state index contributed by atoms with van der Waals surface area (Å²) in [5, 5.41) is 1.66. The van der Waals surface area contributed by atoms with E-state index in [9.17, 15) is 0 Å². The van der Waals surface area contributed by atoms with Gasteiger partial charge in [-0.15, -0.1) is 18.3 Å². The largest absolute Gasteiger partial charge is 0.148 e. The van der Waals surface area contributed by atoms with Gasteiger partial charge in [0, 0.05) is 10.5 Å². The van der Waals surface area contributed by atoms with E-state index >= 15 is 0 Å². The van der Waals surface area contributed by atoms with Gasteiger partial charge in [-0.25, -0.2) is 0 Å². The summed E-state index contributed by atoms with van der Waals surface area (Å²) in [7, 11) is 0. The molecule has 1 heterocycles. The fourth-order valence-corrected chi connectivity index (χ4v) is 1.99. The van der Waals surface area contributed by atoms with Crippen LogP contribution in [0.15, 0.2) is 12.7 Å². The Morgan fingerprint density at radius 1 is 1.62 bits per heavy atom. The van der Waals surface area contributed by atoms with Crippen LogP contribution >= 0.6 is 11.8 Å². The average molecular weight is 128 g/mol. The highest BCUT2D eigenvalue weighted by atomic mass is 32.2. The van der Waals surface area contributed by atoms with Gasteiger partial charge in [0.1, 0.15) is 0 Å².